The molecule has 31 heavy (non-hydrogen) atoms. The molecule has 1 amide bonds. The molecule has 158 valence electrons. The summed E-state index contributed by atoms with van der Waals surface area (Å²) in [5.41, 5.74) is 2.75. The van der Waals surface area contributed by atoms with Crippen LogP contribution in [0.1, 0.15) is 40.5 Å². The van der Waals surface area contributed by atoms with Crippen LogP contribution in [0.5, 0.6) is 0 Å². The zero-order valence-corrected chi connectivity index (χ0v) is 18.1. The number of nitrogens with zero attached hydrogens (tertiary/aromatic N) is 2. The van der Waals surface area contributed by atoms with Crippen LogP contribution in [0.2, 0.25) is 10.0 Å². The third-order valence-electron chi connectivity index (χ3n) is 5.45. The maximum atomic E-state index is 13.0. The van der Waals surface area contributed by atoms with Crippen LogP contribution in [-0.2, 0) is 11.2 Å². The number of halogens is 2. The average Bonchev–Trinajstić information content (AvgIpc) is 3.25. The SMILES string of the molecule is O=C(O)c1ccc([C@@H]2CCCN2C(=O)Cc2ccc(Cl)cc2)nc1-c1ccc(Cl)cc1. The normalized spacial score (nSPS) is 15.8. The molecular weight excluding hydrogens is 435 g/mol. The Labute approximate surface area is 190 Å². The van der Waals surface area contributed by atoms with Gasteiger partial charge in [-0.3, -0.25) is 4.79 Å². The van der Waals surface area contributed by atoms with Crippen molar-refractivity contribution in [3.63, 3.8) is 0 Å². The lowest BCUT2D eigenvalue weighted by Gasteiger charge is -2.25. The van der Waals surface area contributed by atoms with Crippen molar-refractivity contribution in [3.8, 4) is 11.3 Å². The Morgan fingerprint density at radius 1 is 0.968 bits per heavy atom. The van der Waals surface area contributed by atoms with Gasteiger partial charge in [-0.2, -0.15) is 0 Å². The number of likely N-dealkylation sites (tertiary alicyclic amines) is 1. The predicted octanol–water partition coefficient (Wildman–Crippen LogP) is 5.66. The molecular formula is C24H20Cl2N2O3. The lowest BCUT2D eigenvalue weighted by Crippen LogP contribution is -2.32. The molecule has 1 N–H and O–H groups in total. The van der Waals surface area contributed by atoms with Crippen LogP contribution in [0, 0.1) is 0 Å². The third kappa shape index (κ3) is 4.73. The third-order valence-corrected chi connectivity index (χ3v) is 5.95. The number of pyridine rings is 1. The fourth-order valence-corrected chi connectivity index (χ4v) is 4.16. The fourth-order valence-electron chi connectivity index (χ4n) is 3.91. The van der Waals surface area contributed by atoms with Crippen molar-refractivity contribution in [2.45, 2.75) is 25.3 Å². The van der Waals surface area contributed by atoms with Crippen molar-refractivity contribution in [1.82, 2.24) is 9.88 Å². The monoisotopic (exact) mass is 454 g/mol. The van der Waals surface area contributed by atoms with Crippen molar-refractivity contribution >= 4 is 35.1 Å². The number of benzene rings is 2. The second kappa shape index (κ2) is 9.08. The first-order valence-corrected chi connectivity index (χ1v) is 10.7. The van der Waals surface area contributed by atoms with Crippen LogP contribution in [0.4, 0.5) is 0 Å². The van der Waals surface area contributed by atoms with E-state index < -0.39 is 5.97 Å². The molecule has 0 saturated carbocycles. The van der Waals surface area contributed by atoms with Gasteiger partial charge in [-0.25, -0.2) is 9.78 Å². The van der Waals surface area contributed by atoms with Crippen molar-refractivity contribution in [1.29, 1.82) is 0 Å². The molecule has 1 atom stereocenters. The summed E-state index contributed by atoms with van der Waals surface area (Å²) < 4.78 is 0. The molecule has 2 heterocycles. The number of aromatic carboxylic acids is 1. The highest BCUT2D eigenvalue weighted by Crippen LogP contribution is 2.34. The molecule has 1 aromatic heterocycles. The first-order chi connectivity index (χ1) is 14.9. The van der Waals surface area contributed by atoms with E-state index in [0.717, 1.165) is 18.4 Å². The Kier molecular flexibility index (Phi) is 6.25. The Morgan fingerprint density at radius 2 is 1.61 bits per heavy atom. The van der Waals surface area contributed by atoms with Crippen molar-refractivity contribution in [2.24, 2.45) is 0 Å². The Balaban J connectivity index is 1.63. The van der Waals surface area contributed by atoms with Gasteiger partial charge in [-0.05, 0) is 54.8 Å². The highest BCUT2D eigenvalue weighted by Gasteiger charge is 2.31. The summed E-state index contributed by atoms with van der Waals surface area (Å²) in [5, 5.41) is 10.8. The highest BCUT2D eigenvalue weighted by molar-refractivity contribution is 6.30. The molecule has 0 unspecified atom stereocenters. The topological polar surface area (TPSA) is 70.5 Å². The largest absolute Gasteiger partial charge is 0.478 e. The Morgan fingerprint density at radius 3 is 2.26 bits per heavy atom. The van der Waals surface area contributed by atoms with Crippen molar-refractivity contribution in [3.05, 3.63) is 87.5 Å². The van der Waals surface area contributed by atoms with E-state index in [0.29, 0.717) is 33.5 Å². The van der Waals surface area contributed by atoms with Gasteiger partial charge < -0.3 is 10.0 Å². The first-order valence-electron chi connectivity index (χ1n) is 9.96. The van der Waals surface area contributed by atoms with E-state index in [2.05, 4.69) is 0 Å². The summed E-state index contributed by atoms with van der Waals surface area (Å²) in [6, 6.07) is 17.2. The number of aromatic nitrogens is 1. The number of hydrogen-bond donors (Lipinski definition) is 1. The second-order valence-corrected chi connectivity index (χ2v) is 8.37. The number of carboxylic acid groups (broad SMARTS) is 1. The maximum Gasteiger partial charge on any atom is 0.337 e. The predicted molar refractivity (Wildman–Crippen MR) is 120 cm³/mol. The first kappa shape index (κ1) is 21.3. The summed E-state index contributed by atoms with van der Waals surface area (Å²) >= 11 is 11.9. The smallest absolute Gasteiger partial charge is 0.337 e. The Bertz CT molecular complexity index is 1110. The van der Waals surface area contributed by atoms with Crippen molar-refractivity contribution in [2.75, 3.05) is 6.54 Å². The second-order valence-electron chi connectivity index (χ2n) is 7.49. The molecule has 0 spiro atoms. The summed E-state index contributed by atoms with van der Waals surface area (Å²) in [6.45, 7) is 0.649. The molecule has 1 aliphatic heterocycles. The van der Waals surface area contributed by atoms with Crippen LogP contribution in [0.25, 0.3) is 11.3 Å². The van der Waals surface area contributed by atoms with E-state index in [1.54, 1.807) is 48.5 Å². The maximum absolute atomic E-state index is 13.0. The molecule has 0 radical (unpaired) electrons. The molecule has 1 saturated heterocycles. The zero-order valence-electron chi connectivity index (χ0n) is 16.6. The average molecular weight is 455 g/mol. The van der Waals surface area contributed by atoms with Crippen LogP contribution >= 0.6 is 23.2 Å². The van der Waals surface area contributed by atoms with E-state index in [4.69, 9.17) is 28.2 Å². The van der Waals surface area contributed by atoms with Crippen LogP contribution in [0.15, 0.2) is 60.7 Å². The molecule has 1 fully saturated rings. The molecule has 3 aromatic rings. The van der Waals surface area contributed by atoms with Gasteiger partial charge in [0.1, 0.15) is 0 Å². The molecule has 7 heteroatoms. The summed E-state index contributed by atoms with van der Waals surface area (Å²) in [7, 11) is 0. The summed E-state index contributed by atoms with van der Waals surface area (Å²) in [6.07, 6.45) is 1.94. The fraction of sp³-hybridized carbons (Fsp3) is 0.208. The van der Waals surface area contributed by atoms with Crippen LogP contribution in [-0.4, -0.2) is 33.4 Å². The number of carboxylic acids is 1. The van der Waals surface area contributed by atoms with E-state index in [-0.39, 0.29) is 23.9 Å². The quantitative estimate of drug-likeness (QED) is 0.539. The van der Waals surface area contributed by atoms with Gasteiger partial charge >= 0.3 is 5.97 Å². The number of hydrogen-bond acceptors (Lipinski definition) is 3. The minimum Gasteiger partial charge on any atom is -0.478 e. The standard InChI is InChI=1S/C24H20Cl2N2O3/c25-17-7-3-15(4-8-17)14-22(29)28-13-1-2-21(28)20-12-11-19(24(30)31)23(27-20)16-5-9-18(26)10-6-16/h3-12,21H,1-2,13-14H2,(H,30,31)/t21-/m0/s1. The minimum atomic E-state index is -1.05. The lowest BCUT2D eigenvalue weighted by molar-refractivity contribution is -0.131. The molecule has 2 aromatic carbocycles. The summed E-state index contributed by atoms with van der Waals surface area (Å²) in [4.78, 5) is 31.3. The molecule has 4 rings (SSSR count). The molecule has 0 aliphatic carbocycles. The lowest BCUT2D eigenvalue weighted by atomic mass is 10.0. The van der Waals surface area contributed by atoms with Gasteiger partial charge in [0.2, 0.25) is 5.91 Å². The number of carbonyl (C=O) groups excluding carboxylic acids is 1. The molecule has 1 aliphatic rings. The van der Waals surface area contributed by atoms with E-state index in [9.17, 15) is 14.7 Å². The van der Waals surface area contributed by atoms with Gasteiger partial charge in [-0.15, -0.1) is 0 Å². The van der Waals surface area contributed by atoms with Gasteiger partial charge in [0.05, 0.1) is 29.4 Å². The van der Waals surface area contributed by atoms with E-state index >= 15 is 0 Å². The van der Waals surface area contributed by atoms with E-state index in [1.807, 2.05) is 17.0 Å². The van der Waals surface area contributed by atoms with Crippen LogP contribution < -0.4 is 0 Å². The zero-order chi connectivity index (χ0) is 22.0. The highest BCUT2D eigenvalue weighted by atomic mass is 35.5. The number of amides is 1. The Hall–Kier alpha value is -2.89. The van der Waals surface area contributed by atoms with Gasteiger partial charge in [-0.1, -0.05) is 47.5 Å². The van der Waals surface area contributed by atoms with Crippen LogP contribution in [0.3, 0.4) is 0 Å². The van der Waals surface area contributed by atoms with Gasteiger partial charge in [0.25, 0.3) is 0 Å². The minimum absolute atomic E-state index is 0.0157. The summed E-state index contributed by atoms with van der Waals surface area (Å²) in [5.74, 6) is -1.03. The number of carbonyl (C=O) groups is 2. The van der Waals surface area contributed by atoms with E-state index in [1.165, 1.54) is 0 Å². The van der Waals surface area contributed by atoms with Crippen molar-refractivity contribution < 1.29 is 14.7 Å². The number of rotatable bonds is 5. The molecule has 5 nitrogen and oxygen atoms in total. The molecule has 0 bridgehead atoms. The van der Waals surface area contributed by atoms with Gasteiger partial charge in [0.15, 0.2) is 0 Å². The van der Waals surface area contributed by atoms with Gasteiger partial charge in [0, 0.05) is 22.2 Å².